The second-order valence-electron chi connectivity index (χ2n) is 4.21. The molecule has 94 valence electrons. The Labute approximate surface area is 117 Å². The summed E-state index contributed by atoms with van der Waals surface area (Å²) in [5, 5.41) is 10.1. The van der Waals surface area contributed by atoms with Gasteiger partial charge < -0.3 is 5.11 Å². The maximum absolute atomic E-state index is 11.2. The van der Waals surface area contributed by atoms with Gasteiger partial charge in [0.2, 0.25) is 0 Å². The zero-order chi connectivity index (χ0) is 12.7. The summed E-state index contributed by atoms with van der Waals surface area (Å²) in [4.78, 5) is 17.9. The summed E-state index contributed by atoms with van der Waals surface area (Å²) in [7, 11) is 0. The Morgan fingerprint density at radius 2 is 2.28 bits per heavy atom. The number of hydrogen-bond acceptors (Lipinski definition) is 4. The first kappa shape index (κ1) is 12.1. The number of carboxylic acids is 1. The Morgan fingerprint density at radius 1 is 1.44 bits per heavy atom. The second kappa shape index (κ2) is 4.64. The van der Waals surface area contributed by atoms with Gasteiger partial charge in [-0.3, -0.25) is 4.79 Å². The van der Waals surface area contributed by atoms with Crippen molar-refractivity contribution in [3.63, 3.8) is 0 Å². The number of aliphatic carboxylic acids is 1. The number of thiazole rings is 1. The molecule has 0 saturated carbocycles. The Balaban J connectivity index is 2.03. The molecule has 1 N–H and O–H groups in total. The number of thiophene rings is 1. The lowest BCUT2D eigenvalue weighted by molar-refractivity contribution is -0.139. The number of fused-ring (bicyclic) bond motifs is 1. The van der Waals surface area contributed by atoms with Gasteiger partial charge in [-0.15, -0.1) is 22.7 Å². The maximum atomic E-state index is 11.2. The number of nitrogens with zero attached hydrogens (tertiary/aromatic N) is 1. The van der Waals surface area contributed by atoms with Crippen molar-refractivity contribution >= 4 is 40.2 Å². The highest BCUT2D eigenvalue weighted by molar-refractivity contribution is 7.23. The quantitative estimate of drug-likeness (QED) is 0.911. The zero-order valence-corrected chi connectivity index (χ0v) is 11.7. The monoisotopic (exact) mass is 299 g/mol. The smallest absolute Gasteiger partial charge is 0.312 e. The molecule has 3 nitrogen and oxygen atoms in total. The maximum Gasteiger partial charge on any atom is 0.312 e. The lowest BCUT2D eigenvalue weighted by Crippen LogP contribution is -2.17. The van der Waals surface area contributed by atoms with E-state index in [2.05, 4.69) is 4.98 Å². The fraction of sp³-hybridized carbons (Fsp3) is 0.333. The number of rotatable bonds is 2. The molecule has 0 saturated heterocycles. The van der Waals surface area contributed by atoms with Crippen molar-refractivity contribution < 1.29 is 9.90 Å². The first-order valence-electron chi connectivity index (χ1n) is 5.63. The van der Waals surface area contributed by atoms with Crippen molar-refractivity contribution in [1.82, 2.24) is 4.98 Å². The Hall–Kier alpha value is -0.910. The molecule has 6 heteroatoms. The van der Waals surface area contributed by atoms with Crippen LogP contribution in [0.25, 0.3) is 9.88 Å². The largest absolute Gasteiger partial charge is 0.481 e. The third-order valence-electron chi connectivity index (χ3n) is 3.04. The van der Waals surface area contributed by atoms with Crippen LogP contribution in [0.4, 0.5) is 0 Å². The van der Waals surface area contributed by atoms with E-state index in [4.69, 9.17) is 11.6 Å². The molecule has 2 aromatic rings. The van der Waals surface area contributed by atoms with Gasteiger partial charge in [0.25, 0.3) is 0 Å². The summed E-state index contributed by atoms with van der Waals surface area (Å²) in [5.74, 6) is -1.20. The molecule has 1 aliphatic rings. The van der Waals surface area contributed by atoms with Gasteiger partial charge in [0.05, 0.1) is 14.9 Å². The van der Waals surface area contributed by atoms with Gasteiger partial charge in [0, 0.05) is 4.88 Å². The first-order chi connectivity index (χ1) is 8.65. The minimum Gasteiger partial charge on any atom is -0.481 e. The molecule has 2 heterocycles. The third-order valence-corrected chi connectivity index (χ3v) is 5.57. The van der Waals surface area contributed by atoms with Gasteiger partial charge in [-0.25, -0.2) is 4.98 Å². The number of aromatic nitrogens is 1. The SMILES string of the molecule is O=C(O)C1CCCc2sc(-c3ccc(Cl)s3)nc21. The van der Waals surface area contributed by atoms with E-state index in [-0.39, 0.29) is 0 Å². The second-order valence-corrected chi connectivity index (χ2v) is 7.01. The van der Waals surface area contributed by atoms with Crippen LogP contribution in [0.15, 0.2) is 12.1 Å². The molecule has 0 bridgehead atoms. The molecular weight excluding hydrogens is 290 g/mol. The van der Waals surface area contributed by atoms with Crippen LogP contribution in [0.2, 0.25) is 4.34 Å². The van der Waals surface area contributed by atoms with Gasteiger partial charge in [0.1, 0.15) is 10.9 Å². The summed E-state index contributed by atoms with van der Waals surface area (Å²) in [6.07, 6.45) is 2.56. The van der Waals surface area contributed by atoms with Crippen molar-refractivity contribution in [1.29, 1.82) is 0 Å². The summed E-state index contributed by atoms with van der Waals surface area (Å²) in [5.41, 5.74) is 0.762. The average molecular weight is 300 g/mol. The zero-order valence-electron chi connectivity index (χ0n) is 9.35. The fourth-order valence-electron chi connectivity index (χ4n) is 2.19. The van der Waals surface area contributed by atoms with Gasteiger partial charge in [-0.1, -0.05) is 11.6 Å². The van der Waals surface area contributed by atoms with Gasteiger partial charge >= 0.3 is 5.97 Å². The highest BCUT2D eigenvalue weighted by atomic mass is 35.5. The van der Waals surface area contributed by atoms with Crippen molar-refractivity contribution in [2.75, 3.05) is 0 Å². The van der Waals surface area contributed by atoms with Crippen molar-refractivity contribution in [3.05, 3.63) is 27.0 Å². The molecule has 0 radical (unpaired) electrons. The average Bonchev–Trinajstić information content (AvgIpc) is 2.93. The van der Waals surface area contributed by atoms with Crippen LogP contribution in [-0.2, 0) is 11.2 Å². The number of carboxylic acid groups (broad SMARTS) is 1. The van der Waals surface area contributed by atoms with E-state index in [1.54, 1.807) is 11.3 Å². The molecule has 1 unspecified atom stereocenters. The summed E-state index contributed by atoms with van der Waals surface area (Å²) in [6.45, 7) is 0. The highest BCUT2D eigenvalue weighted by Gasteiger charge is 2.30. The number of carbonyl (C=O) groups is 1. The van der Waals surface area contributed by atoms with Crippen LogP contribution < -0.4 is 0 Å². The van der Waals surface area contributed by atoms with E-state index in [9.17, 15) is 9.90 Å². The summed E-state index contributed by atoms with van der Waals surface area (Å²) < 4.78 is 0.730. The summed E-state index contributed by atoms with van der Waals surface area (Å²) in [6, 6.07) is 3.78. The minimum absolute atomic E-state index is 0.436. The predicted octanol–water partition coefficient (Wildman–Crippen LogP) is 4.03. The van der Waals surface area contributed by atoms with E-state index in [1.807, 2.05) is 12.1 Å². The molecule has 1 atom stereocenters. The van der Waals surface area contributed by atoms with Crippen molar-refractivity contribution in [3.8, 4) is 9.88 Å². The normalized spacial score (nSPS) is 18.6. The minimum atomic E-state index is -0.767. The molecular formula is C12H10ClNO2S2. The first-order valence-corrected chi connectivity index (χ1v) is 7.64. The molecule has 2 aromatic heterocycles. The molecule has 0 fully saturated rings. The van der Waals surface area contributed by atoms with Crippen LogP contribution in [0, 0.1) is 0 Å². The predicted molar refractivity (Wildman–Crippen MR) is 73.8 cm³/mol. The van der Waals surface area contributed by atoms with Crippen molar-refractivity contribution in [2.24, 2.45) is 0 Å². The van der Waals surface area contributed by atoms with E-state index >= 15 is 0 Å². The van der Waals surface area contributed by atoms with Crippen LogP contribution in [-0.4, -0.2) is 16.1 Å². The molecule has 1 aliphatic carbocycles. The molecule has 18 heavy (non-hydrogen) atoms. The van der Waals surface area contributed by atoms with Crippen LogP contribution in [0.5, 0.6) is 0 Å². The lowest BCUT2D eigenvalue weighted by atomic mass is 9.91. The lowest BCUT2D eigenvalue weighted by Gasteiger charge is -2.16. The Bertz CT molecular complexity index is 605. The van der Waals surface area contributed by atoms with E-state index in [0.717, 1.165) is 37.6 Å². The molecule has 3 rings (SSSR count). The summed E-state index contributed by atoms with van der Waals surface area (Å²) >= 11 is 9.00. The van der Waals surface area contributed by atoms with E-state index in [1.165, 1.54) is 11.3 Å². The number of aryl methyl sites for hydroxylation is 1. The van der Waals surface area contributed by atoms with Gasteiger partial charge in [0.15, 0.2) is 0 Å². The van der Waals surface area contributed by atoms with Gasteiger partial charge in [-0.05, 0) is 31.4 Å². The molecule has 0 spiro atoms. The van der Waals surface area contributed by atoms with E-state index < -0.39 is 11.9 Å². The molecule has 0 aliphatic heterocycles. The highest BCUT2D eigenvalue weighted by Crippen LogP contribution is 2.40. The molecule has 0 aromatic carbocycles. The molecule has 0 amide bonds. The van der Waals surface area contributed by atoms with Crippen LogP contribution in [0.3, 0.4) is 0 Å². The third kappa shape index (κ3) is 2.06. The standard InChI is InChI=1S/C12H10ClNO2S2/c13-9-5-4-8(17-9)11-14-10-6(12(15)16)2-1-3-7(10)18-11/h4-6H,1-3H2,(H,15,16). The van der Waals surface area contributed by atoms with Crippen LogP contribution >= 0.6 is 34.3 Å². The van der Waals surface area contributed by atoms with Crippen LogP contribution in [0.1, 0.15) is 29.3 Å². The van der Waals surface area contributed by atoms with Crippen molar-refractivity contribution in [2.45, 2.75) is 25.2 Å². The van der Waals surface area contributed by atoms with E-state index in [0.29, 0.717) is 6.42 Å². The van der Waals surface area contributed by atoms with Gasteiger partial charge in [-0.2, -0.15) is 0 Å². The Kier molecular flexibility index (Phi) is 3.13. The Morgan fingerprint density at radius 3 is 2.94 bits per heavy atom. The number of halogens is 1. The number of hydrogen-bond donors (Lipinski definition) is 1. The topological polar surface area (TPSA) is 50.2 Å². The fourth-order valence-corrected chi connectivity index (χ4v) is 4.46.